The molecular weight excluding hydrogens is 389 g/mol. The highest BCUT2D eigenvalue weighted by Gasteiger charge is 2.27. The van der Waals surface area contributed by atoms with Gasteiger partial charge in [0.2, 0.25) is 0 Å². The van der Waals surface area contributed by atoms with Crippen LogP contribution >= 0.6 is 0 Å². The average molecular weight is 415 g/mol. The molecule has 0 saturated heterocycles. The largest absolute Gasteiger partial charge is 0.436 e. The zero-order chi connectivity index (χ0) is 22.3. The highest BCUT2D eigenvalue weighted by molar-refractivity contribution is 6.10. The summed E-state index contributed by atoms with van der Waals surface area (Å²) >= 11 is 0. The Labute approximate surface area is 174 Å². The fourth-order valence-electron chi connectivity index (χ4n) is 2.74. The summed E-state index contributed by atoms with van der Waals surface area (Å²) in [5.74, 6) is -2.22. The van der Waals surface area contributed by atoms with Gasteiger partial charge in [-0.2, -0.15) is 0 Å². The third-order valence-corrected chi connectivity index (χ3v) is 4.24. The normalized spacial score (nSPS) is 12.0. The van der Waals surface area contributed by atoms with E-state index in [9.17, 15) is 18.8 Å². The molecule has 0 aromatic heterocycles. The number of hydrogen-bond donors (Lipinski definition) is 3. The molecule has 0 aliphatic carbocycles. The minimum atomic E-state index is -1.17. The van der Waals surface area contributed by atoms with Crippen LogP contribution in [0.4, 0.5) is 20.6 Å². The molecule has 0 spiro atoms. The van der Waals surface area contributed by atoms with Crippen LogP contribution in [0.2, 0.25) is 0 Å². The topological polar surface area (TPSA) is 111 Å². The fraction of sp³-hybridized carbons (Fsp3) is 0.318. The monoisotopic (exact) mass is 415 g/mol. The van der Waals surface area contributed by atoms with E-state index in [-0.39, 0.29) is 23.1 Å². The van der Waals surface area contributed by atoms with Gasteiger partial charge in [0.1, 0.15) is 5.82 Å². The van der Waals surface area contributed by atoms with Gasteiger partial charge in [0, 0.05) is 5.69 Å². The summed E-state index contributed by atoms with van der Waals surface area (Å²) in [4.78, 5) is 36.6. The molecular formula is C22H26FN3O4. The molecule has 0 bridgehead atoms. The van der Waals surface area contributed by atoms with E-state index >= 15 is 0 Å². The fourth-order valence-corrected chi connectivity index (χ4v) is 2.74. The first-order chi connectivity index (χ1) is 14.1. The van der Waals surface area contributed by atoms with Crippen molar-refractivity contribution in [3.63, 3.8) is 0 Å². The highest BCUT2D eigenvalue weighted by Crippen LogP contribution is 2.25. The second kappa shape index (κ2) is 9.87. The molecule has 1 unspecified atom stereocenters. The lowest BCUT2D eigenvalue weighted by atomic mass is 9.89. The van der Waals surface area contributed by atoms with Crippen LogP contribution in [0, 0.1) is 11.2 Å². The standard InChI is InChI=1S/C22H26FN3O4/c1-22(2,3)13-12-17(30-21(24)29)19(27)26-16-11-7-10-15(23)18(16)20(28)25-14-8-5-4-6-9-14/h4-11,17H,12-13H2,1-3H3,(H2,24,29)(H,25,28)(H,26,27). The number of anilines is 2. The number of nitrogens with two attached hydrogens (primary N) is 1. The van der Waals surface area contributed by atoms with Crippen LogP contribution < -0.4 is 16.4 Å². The molecule has 30 heavy (non-hydrogen) atoms. The zero-order valence-electron chi connectivity index (χ0n) is 17.2. The molecule has 0 fully saturated rings. The lowest BCUT2D eigenvalue weighted by Crippen LogP contribution is -2.35. The molecule has 7 nitrogen and oxygen atoms in total. The van der Waals surface area contributed by atoms with Gasteiger partial charge >= 0.3 is 6.09 Å². The van der Waals surface area contributed by atoms with Crippen LogP contribution in [0.15, 0.2) is 48.5 Å². The third-order valence-electron chi connectivity index (χ3n) is 4.24. The van der Waals surface area contributed by atoms with E-state index in [1.807, 2.05) is 20.8 Å². The second-order valence-electron chi connectivity index (χ2n) is 8.00. The van der Waals surface area contributed by atoms with Gasteiger partial charge in [0.05, 0.1) is 11.3 Å². The maximum atomic E-state index is 14.5. The summed E-state index contributed by atoms with van der Waals surface area (Å²) in [5.41, 5.74) is 5.08. The molecule has 0 radical (unpaired) electrons. The summed E-state index contributed by atoms with van der Waals surface area (Å²) in [5, 5.41) is 5.07. The van der Waals surface area contributed by atoms with Crippen LogP contribution in [-0.2, 0) is 9.53 Å². The highest BCUT2D eigenvalue weighted by atomic mass is 19.1. The SMILES string of the molecule is CC(C)(C)CCC(OC(N)=O)C(=O)Nc1cccc(F)c1C(=O)Nc1ccccc1. The lowest BCUT2D eigenvalue weighted by Gasteiger charge is -2.22. The number of ether oxygens (including phenoxy) is 1. The van der Waals surface area contributed by atoms with Gasteiger partial charge in [-0.05, 0) is 42.5 Å². The van der Waals surface area contributed by atoms with Crippen molar-refractivity contribution < 1.29 is 23.5 Å². The minimum absolute atomic E-state index is 0.0396. The minimum Gasteiger partial charge on any atom is -0.436 e. The van der Waals surface area contributed by atoms with Crippen molar-refractivity contribution in [3.8, 4) is 0 Å². The molecule has 3 amide bonds. The van der Waals surface area contributed by atoms with E-state index in [2.05, 4.69) is 10.6 Å². The molecule has 2 rings (SSSR count). The van der Waals surface area contributed by atoms with Gasteiger partial charge in [0.25, 0.3) is 11.8 Å². The molecule has 0 aliphatic rings. The molecule has 2 aromatic carbocycles. The number of carbonyl (C=O) groups is 3. The predicted octanol–water partition coefficient (Wildman–Crippen LogP) is 4.31. The Kier molecular flexibility index (Phi) is 7.52. The Morgan fingerprint density at radius 1 is 1.03 bits per heavy atom. The van der Waals surface area contributed by atoms with Crippen molar-refractivity contribution in [2.45, 2.75) is 39.7 Å². The molecule has 0 aliphatic heterocycles. The third kappa shape index (κ3) is 6.88. The van der Waals surface area contributed by atoms with E-state index in [4.69, 9.17) is 10.5 Å². The first-order valence-corrected chi connectivity index (χ1v) is 9.49. The summed E-state index contributed by atoms with van der Waals surface area (Å²) < 4.78 is 19.4. The summed E-state index contributed by atoms with van der Waals surface area (Å²) in [6, 6.07) is 12.4. The van der Waals surface area contributed by atoms with Crippen molar-refractivity contribution >= 4 is 29.3 Å². The number of primary amides is 1. The van der Waals surface area contributed by atoms with Crippen molar-refractivity contribution in [1.82, 2.24) is 0 Å². The van der Waals surface area contributed by atoms with Crippen LogP contribution in [0.1, 0.15) is 44.0 Å². The van der Waals surface area contributed by atoms with E-state index in [1.54, 1.807) is 30.3 Å². The molecule has 1 atom stereocenters. The Bertz CT molecular complexity index is 910. The molecule has 4 N–H and O–H groups in total. The maximum absolute atomic E-state index is 14.5. The zero-order valence-corrected chi connectivity index (χ0v) is 17.2. The van der Waals surface area contributed by atoms with Crippen molar-refractivity contribution in [2.24, 2.45) is 11.1 Å². The second-order valence-corrected chi connectivity index (χ2v) is 8.00. The van der Waals surface area contributed by atoms with Crippen LogP contribution in [0.3, 0.4) is 0 Å². The number of carbonyl (C=O) groups excluding carboxylic acids is 3. The number of hydrogen-bond acceptors (Lipinski definition) is 4. The van der Waals surface area contributed by atoms with Crippen molar-refractivity contribution in [2.75, 3.05) is 10.6 Å². The van der Waals surface area contributed by atoms with Gasteiger partial charge in [-0.3, -0.25) is 9.59 Å². The van der Waals surface area contributed by atoms with E-state index in [0.29, 0.717) is 12.1 Å². The van der Waals surface area contributed by atoms with Crippen LogP contribution in [0.25, 0.3) is 0 Å². The van der Waals surface area contributed by atoms with Gasteiger partial charge in [-0.1, -0.05) is 45.0 Å². The molecule has 160 valence electrons. The Morgan fingerprint density at radius 2 is 1.70 bits per heavy atom. The quantitative estimate of drug-likeness (QED) is 0.626. The number of benzene rings is 2. The average Bonchev–Trinajstić information content (AvgIpc) is 2.65. The summed E-state index contributed by atoms with van der Waals surface area (Å²) in [6.07, 6.45) is -1.47. The Hall–Kier alpha value is -3.42. The number of rotatable bonds is 7. The Morgan fingerprint density at radius 3 is 2.30 bits per heavy atom. The van der Waals surface area contributed by atoms with Crippen LogP contribution in [0.5, 0.6) is 0 Å². The number of nitrogens with one attached hydrogen (secondary N) is 2. The maximum Gasteiger partial charge on any atom is 0.405 e. The molecule has 0 heterocycles. The smallest absolute Gasteiger partial charge is 0.405 e. The Balaban J connectivity index is 2.23. The number of halogens is 1. The first kappa shape index (κ1) is 22.9. The summed E-state index contributed by atoms with van der Waals surface area (Å²) in [7, 11) is 0. The van der Waals surface area contributed by atoms with E-state index in [0.717, 1.165) is 6.07 Å². The lowest BCUT2D eigenvalue weighted by molar-refractivity contribution is -0.124. The predicted molar refractivity (Wildman–Crippen MR) is 113 cm³/mol. The van der Waals surface area contributed by atoms with Gasteiger partial charge in [-0.15, -0.1) is 0 Å². The summed E-state index contributed by atoms with van der Waals surface area (Å²) in [6.45, 7) is 5.93. The number of amides is 3. The number of para-hydroxylation sites is 1. The van der Waals surface area contributed by atoms with Crippen molar-refractivity contribution in [3.05, 3.63) is 59.9 Å². The molecule has 0 saturated carbocycles. The van der Waals surface area contributed by atoms with E-state index in [1.165, 1.54) is 12.1 Å². The van der Waals surface area contributed by atoms with Gasteiger partial charge in [0.15, 0.2) is 6.10 Å². The molecule has 8 heteroatoms. The first-order valence-electron chi connectivity index (χ1n) is 9.49. The van der Waals surface area contributed by atoms with Gasteiger partial charge < -0.3 is 21.1 Å². The van der Waals surface area contributed by atoms with Crippen LogP contribution in [-0.4, -0.2) is 24.0 Å². The van der Waals surface area contributed by atoms with Crippen molar-refractivity contribution in [1.29, 1.82) is 0 Å². The molecule has 2 aromatic rings. The van der Waals surface area contributed by atoms with E-state index < -0.39 is 29.8 Å². The van der Waals surface area contributed by atoms with Gasteiger partial charge in [-0.25, -0.2) is 9.18 Å².